The first-order valence-electron chi connectivity index (χ1n) is 3.99. The van der Waals surface area contributed by atoms with Gasteiger partial charge in [0.25, 0.3) is 0 Å². The highest BCUT2D eigenvalue weighted by Crippen LogP contribution is 2.21. The maximum absolute atomic E-state index is 13.1. The van der Waals surface area contributed by atoms with Crippen LogP contribution in [0.3, 0.4) is 0 Å². The number of halogens is 1. The van der Waals surface area contributed by atoms with Crippen LogP contribution in [0.25, 0.3) is 11.3 Å². The zero-order chi connectivity index (χ0) is 10.8. The van der Waals surface area contributed by atoms with Crippen LogP contribution in [-0.4, -0.2) is 21.2 Å². The Kier molecular flexibility index (Phi) is 2.17. The molecular formula is C9H5FN2O3. The summed E-state index contributed by atoms with van der Waals surface area (Å²) < 4.78 is 17.8. The van der Waals surface area contributed by atoms with Crippen molar-refractivity contribution in [3.8, 4) is 11.3 Å². The molecule has 0 amide bonds. The number of carbonyl (C=O) groups is 1. The molecule has 0 saturated heterocycles. The average molecular weight is 208 g/mol. The number of carboxylic acid groups (broad SMARTS) is 1. The van der Waals surface area contributed by atoms with Gasteiger partial charge in [-0.3, -0.25) is 0 Å². The van der Waals surface area contributed by atoms with Crippen LogP contribution in [0.1, 0.15) is 10.5 Å². The van der Waals surface area contributed by atoms with Crippen LogP contribution >= 0.6 is 0 Å². The summed E-state index contributed by atoms with van der Waals surface area (Å²) in [4.78, 5) is 13.9. The molecule has 2 aromatic heterocycles. The molecule has 0 aromatic carbocycles. The highest BCUT2D eigenvalue weighted by Gasteiger charge is 2.14. The van der Waals surface area contributed by atoms with Crippen LogP contribution in [0, 0.1) is 5.95 Å². The lowest BCUT2D eigenvalue weighted by Crippen LogP contribution is -1.94. The second-order valence-electron chi connectivity index (χ2n) is 2.72. The predicted molar refractivity (Wildman–Crippen MR) is 46.7 cm³/mol. The fraction of sp³-hybridized carbons (Fsp3) is 0. The van der Waals surface area contributed by atoms with Crippen molar-refractivity contribution >= 4 is 5.97 Å². The van der Waals surface area contributed by atoms with Crippen LogP contribution < -0.4 is 0 Å². The van der Waals surface area contributed by atoms with Crippen molar-refractivity contribution in [1.29, 1.82) is 0 Å². The minimum absolute atomic E-state index is 0.0398. The number of pyridine rings is 1. The highest BCUT2D eigenvalue weighted by molar-refractivity contribution is 5.86. The smallest absolute Gasteiger partial charge is 0.358 e. The maximum atomic E-state index is 13.1. The van der Waals surface area contributed by atoms with E-state index in [2.05, 4.69) is 14.7 Å². The quantitative estimate of drug-likeness (QED) is 0.758. The maximum Gasteiger partial charge on any atom is 0.358 e. The molecule has 2 heterocycles. The van der Waals surface area contributed by atoms with E-state index in [1.807, 2.05) is 0 Å². The Morgan fingerprint density at radius 3 is 2.93 bits per heavy atom. The van der Waals surface area contributed by atoms with Crippen LogP contribution in [-0.2, 0) is 0 Å². The molecule has 0 aliphatic heterocycles. The van der Waals surface area contributed by atoms with Crippen molar-refractivity contribution in [2.24, 2.45) is 0 Å². The van der Waals surface area contributed by atoms with Gasteiger partial charge in [-0.25, -0.2) is 9.78 Å². The lowest BCUT2D eigenvalue weighted by Gasteiger charge is -1.94. The second kappa shape index (κ2) is 3.49. The zero-order valence-corrected chi connectivity index (χ0v) is 7.35. The van der Waals surface area contributed by atoms with E-state index < -0.39 is 11.9 Å². The van der Waals surface area contributed by atoms with Gasteiger partial charge < -0.3 is 9.63 Å². The molecule has 0 fully saturated rings. The number of aromatic carboxylic acids is 1. The van der Waals surface area contributed by atoms with Gasteiger partial charge in [0.2, 0.25) is 5.95 Å². The summed E-state index contributed by atoms with van der Waals surface area (Å²) in [6.45, 7) is 0. The number of hydrogen-bond acceptors (Lipinski definition) is 4. The topological polar surface area (TPSA) is 76.2 Å². The number of aromatic nitrogens is 2. The molecule has 15 heavy (non-hydrogen) atoms. The highest BCUT2D eigenvalue weighted by atomic mass is 19.1. The summed E-state index contributed by atoms with van der Waals surface area (Å²) in [6.07, 6.45) is 1.29. The molecule has 0 bridgehead atoms. The van der Waals surface area contributed by atoms with Crippen LogP contribution in [0.15, 0.2) is 28.9 Å². The van der Waals surface area contributed by atoms with E-state index in [1.165, 1.54) is 18.3 Å². The third-order valence-corrected chi connectivity index (χ3v) is 1.75. The summed E-state index contributed by atoms with van der Waals surface area (Å²) in [5.74, 6) is -1.92. The molecule has 2 aromatic rings. The van der Waals surface area contributed by atoms with Gasteiger partial charge in [-0.05, 0) is 12.1 Å². The molecule has 0 unspecified atom stereocenters. The van der Waals surface area contributed by atoms with Gasteiger partial charge in [0.05, 0.1) is 5.56 Å². The van der Waals surface area contributed by atoms with Gasteiger partial charge in [0, 0.05) is 12.3 Å². The summed E-state index contributed by atoms with van der Waals surface area (Å²) in [5, 5.41) is 11.8. The molecule has 0 atom stereocenters. The van der Waals surface area contributed by atoms with E-state index in [4.69, 9.17) is 5.11 Å². The van der Waals surface area contributed by atoms with E-state index in [0.717, 1.165) is 6.07 Å². The van der Waals surface area contributed by atoms with Crippen molar-refractivity contribution < 1.29 is 18.8 Å². The molecule has 0 saturated carbocycles. The van der Waals surface area contributed by atoms with Gasteiger partial charge in [0.15, 0.2) is 11.5 Å². The van der Waals surface area contributed by atoms with Crippen molar-refractivity contribution in [1.82, 2.24) is 10.1 Å². The Bertz CT molecular complexity index is 510. The fourth-order valence-corrected chi connectivity index (χ4v) is 1.07. The Morgan fingerprint density at radius 1 is 1.53 bits per heavy atom. The van der Waals surface area contributed by atoms with E-state index in [-0.39, 0.29) is 17.0 Å². The van der Waals surface area contributed by atoms with Gasteiger partial charge in [0.1, 0.15) is 0 Å². The van der Waals surface area contributed by atoms with Crippen LogP contribution in [0.2, 0.25) is 0 Å². The molecule has 1 N–H and O–H groups in total. The molecule has 0 aliphatic rings. The van der Waals surface area contributed by atoms with Crippen molar-refractivity contribution in [2.75, 3.05) is 0 Å². The molecule has 2 rings (SSSR count). The van der Waals surface area contributed by atoms with Crippen molar-refractivity contribution in [3.63, 3.8) is 0 Å². The zero-order valence-electron chi connectivity index (χ0n) is 7.35. The number of hydrogen-bond donors (Lipinski definition) is 1. The largest absolute Gasteiger partial charge is 0.476 e. The molecule has 0 radical (unpaired) electrons. The van der Waals surface area contributed by atoms with Gasteiger partial charge in [-0.1, -0.05) is 5.16 Å². The molecule has 6 heteroatoms. The number of rotatable bonds is 2. The lowest BCUT2D eigenvalue weighted by molar-refractivity contribution is 0.0686. The minimum Gasteiger partial charge on any atom is -0.476 e. The fourth-order valence-electron chi connectivity index (χ4n) is 1.07. The first kappa shape index (κ1) is 9.32. The third kappa shape index (κ3) is 1.69. The second-order valence-corrected chi connectivity index (χ2v) is 2.72. The van der Waals surface area contributed by atoms with Crippen LogP contribution in [0.5, 0.6) is 0 Å². The van der Waals surface area contributed by atoms with Crippen LogP contribution in [0.4, 0.5) is 4.39 Å². The Balaban J connectivity index is 2.46. The normalized spacial score (nSPS) is 10.2. The Labute approximate surface area is 83.2 Å². The molecule has 0 aliphatic carbocycles. The average Bonchev–Trinajstić information content (AvgIpc) is 2.67. The third-order valence-electron chi connectivity index (χ3n) is 1.75. The predicted octanol–water partition coefficient (Wildman–Crippen LogP) is 1.57. The standard InChI is InChI=1S/C9H5FN2O3/c10-8-5(2-1-3-11-8)7-4-6(9(13)14)12-15-7/h1-4H,(H,13,14). The summed E-state index contributed by atoms with van der Waals surface area (Å²) in [6, 6.07) is 4.08. The lowest BCUT2D eigenvalue weighted by atomic mass is 10.2. The van der Waals surface area contributed by atoms with E-state index in [9.17, 15) is 9.18 Å². The summed E-state index contributed by atoms with van der Waals surface area (Å²) >= 11 is 0. The first-order valence-corrected chi connectivity index (χ1v) is 3.99. The molecule has 76 valence electrons. The van der Waals surface area contributed by atoms with E-state index in [0.29, 0.717) is 0 Å². The van der Waals surface area contributed by atoms with E-state index in [1.54, 1.807) is 0 Å². The Hall–Kier alpha value is -2.24. The van der Waals surface area contributed by atoms with Crippen molar-refractivity contribution in [3.05, 3.63) is 36.0 Å². The SMILES string of the molecule is O=C(O)c1cc(-c2cccnc2F)on1. The van der Waals surface area contributed by atoms with Gasteiger partial charge >= 0.3 is 5.97 Å². The summed E-state index contributed by atoms with van der Waals surface area (Å²) in [7, 11) is 0. The summed E-state index contributed by atoms with van der Waals surface area (Å²) in [5.41, 5.74) is -0.189. The monoisotopic (exact) mass is 208 g/mol. The molecule has 0 spiro atoms. The minimum atomic E-state index is -1.23. The Morgan fingerprint density at radius 2 is 2.33 bits per heavy atom. The first-order chi connectivity index (χ1) is 7.18. The molecular weight excluding hydrogens is 203 g/mol. The van der Waals surface area contributed by atoms with E-state index >= 15 is 0 Å². The number of nitrogens with zero attached hydrogens (tertiary/aromatic N) is 2. The van der Waals surface area contributed by atoms with Gasteiger partial charge in [-0.15, -0.1) is 0 Å². The van der Waals surface area contributed by atoms with Crippen molar-refractivity contribution in [2.45, 2.75) is 0 Å². The van der Waals surface area contributed by atoms with Gasteiger partial charge in [-0.2, -0.15) is 4.39 Å². The number of carboxylic acids is 1. The molecule has 5 nitrogen and oxygen atoms in total.